The quantitative estimate of drug-likeness (QED) is 0.302. The molecule has 1 N–H and O–H groups in total. The molecule has 1 amide bonds. The average Bonchev–Trinajstić information content (AvgIpc) is 3.43. The first-order chi connectivity index (χ1) is 16.2. The van der Waals surface area contributed by atoms with Gasteiger partial charge in [-0.1, -0.05) is 49.4 Å². The summed E-state index contributed by atoms with van der Waals surface area (Å²) in [6.07, 6.45) is 3.29. The summed E-state index contributed by atoms with van der Waals surface area (Å²) in [5.41, 5.74) is 4.95. The van der Waals surface area contributed by atoms with Crippen LogP contribution in [-0.2, 0) is 17.6 Å². The maximum Gasteiger partial charge on any atom is 0.230 e. The van der Waals surface area contributed by atoms with Crippen molar-refractivity contribution in [3.8, 4) is 22.8 Å². The van der Waals surface area contributed by atoms with E-state index in [0.29, 0.717) is 0 Å². The van der Waals surface area contributed by atoms with Crippen LogP contribution in [0.2, 0.25) is 0 Å². The molecule has 0 saturated heterocycles. The van der Waals surface area contributed by atoms with Gasteiger partial charge in [-0.2, -0.15) is 0 Å². The Balaban J connectivity index is 1.25. The zero-order valence-electron chi connectivity index (χ0n) is 18.2. The summed E-state index contributed by atoms with van der Waals surface area (Å²) in [4.78, 5) is 18.3. The van der Waals surface area contributed by atoms with Crippen LogP contribution < -0.4 is 10.1 Å². The Morgan fingerprint density at radius 2 is 1.70 bits per heavy atom. The van der Waals surface area contributed by atoms with Crippen LogP contribution in [0, 0.1) is 0 Å². The number of hydrogen-bond donors (Lipinski definition) is 1. The molecule has 5 rings (SSSR count). The predicted octanol–water partition coefficient (Wildman–Crippen LogP) is 6.60. The molecule has 6 heteroatoms. The van der Waals surface area contributed by atoms with Gasteiger partial charge in [-0.3, -0.25) is 9.20 Å². The Morgan fingerprint density at radius 1 is 0.970 bits per heavy atom. The third kappa shape index (κ3) is 4.81. The van der Waals surface area contributed by atoms with E-state index in [-0.39, 0.29) is 12.3 Å². The molecule has 33 heavy (non-hydrogen) atoms. The topological polar surface area (TPSA) is 55.6 Å². The third-order valence-electron chi connectivity index (χ3n) is 5.40. The van der Waals surface area contributed by atoms with Crippen molar-refractivity contribution in [1.29, 1.82) is 0 Å². The zero-order valence-corrected chi connectivity index (χ0v) is 19.0. The Morgan fingerprint density at radius 3 is 2.42 bits per heavy atom. The lowest BCUT2D eigenvalue weighted by molar-refractivity contribution is -0.115. The lowest BCUT2D eigenvalue weighted by Gasteiger charge is -2.08. The van der Waals surface area contributed by atoms with E-state index in [9.17, 15) is 4.79 Å². The standard InChI is InChI=1S/C27H23N3O2S/c1-2-19-8-10-20(11-9-19)25-17-30-22(18-33-27(30)29-25)16-26(31)28-21-12-14-24(15-13-21)32-23-6-4-3-5-7-23/h3-15,17-18H,2,16H2,1H3,(H,28,31). The molecule has 2 heterocycles. The number of carbonyl (C=O) groups excluding carboxylic acids is 1. The Labute approximate surface area is 196 Å². The van der Waals surface area contributed by atoms with Gasteiger partial charge in [0.2, 0.25) is 5.91 Å². The fraction of sp³-hybridized carbons (Fsp3) is 0.111. The highest BCUT2D eigenvalue weighted by Gasteiger charge is 2.13. The lowest BCUT2D eigenvalue weighted by atomic mass is 10.1. The van der Waals surface area contributed by atoms with Gasteiger partial charge in [0.05, 0.1) is 12.1 Å². The SMILES string of the molecule is CCc1ccc(-c2cn3c(CC(=O)Nc4ccc(Oc5ccccc5)cc4)csc3n2)cc1. The maximum absolute atomic E-state index is 12.7. The van der Waals surface area contributed by atoms with Crippen molar-refractivity contribution >= 4 is 27.9 Å². The molecule has 0 saturated carbocycles. The van der Waals surface area contributed by atoms with Crippen molar-refractivity contribution in [2.45, 2.75) is 19.8 Å². The second kappa shape index (κ2) is 9.30. The number of rotatable bonds is 7. The number of fused-ring (bicyclic) bond motifs is 1. The van der Waals surface area contributed by atoms with Crippen LogP contribution in [0.3, 0.4) is 0 Å². The number of hydrogen-bond acceptors (Lipinski definition) is 4. The zero-order chi connectivity index (χ0) is 22.6. The van der Waals surface area contributed by atoms with Crippen molar-refractivity contribution in [3.05, 3.63) is 102 Å². The van der Waals surface area contributed by atoms with Crippen molar-refractivity contribution in [1.82, 2.24) is 9.38 Å². The summed E-state index contributed by atoms with van der Waals surface area (Å²) < 4.78 is 7.81. The van der Waals surface area contributed by atoms with E-state index >= 15 is 0 Å². The molecule has 0 radical (unpaired) electrons. The molecule has 0 bridgehead atoms. The van der Waals surface area contributed by atoms with Crippen molar-refractivity contribution in [3.63, 3.8) is 0 Å². The lowest BCUT2D eigenvalue weighted by Crippen LogP contribution is -2.15. The van der Waals surface area contributed by atoms with Crippen molar-refractivity contribution < 1.29 is 9.53 Å². The minimum absolute atomic E-state index is 0.0750. The van der Waals surface area contributed by atoms with Gasteiger partial charge in [0.15, 0.2) is 4.96 Å². The van der Waals surface area contributed by atoms with E-state index in [1.807, 2.05) is 70.6 Å². The van der Waals surface area contributed by atoms with E-state index in [0.717, 1.165) is 45.5 Å². The first kappa shape index (κ1) is 21.0. The molecule has 0 spiro atoms. The van der Waals surface area contributed by atoms with Crippen LogP contribution in [0.4, 0.5) is 5.69 Å². The van der Waals surface area contributed by atoms with Crippen molar-refractivity contribution in [2.24, 2.45) is 0 Å². The number of aromatic nitrogens is 2. The number of benzene rings is 3. The van der Waals surface area contributed by atoms with Crippen LogP contribution in [0.1, 0.15) is 18.2 Å². The van der Waals surface area contributed by atoms with Gasteiger partial charge in [0, 0.05) is 28.5 Å². The molecule has 2 aromatic heterocycles. The van der Waals surface area contributed by atoms with Gasteiger partial charge in [-0.25, -0.2) is 4.98 Å². The van der Waals surface area contributed by atoms with Gasteiger partial charge < -0.3 is 10.1 Å². The van der Waals surface area contributed by atoms with Crippen LogP contribution in [-0.4, -0.2) is 15.3 Å². The molecular formula is C27H23N3O2S. The van der Waals surface area contributed by atoms with Gasteiger partial charge in [0.1, 0.15) is 11.5 Å². The average molecular weight is 454 g/mol. The number of nitrogens with one attached hydrogen (secondary N) is 1. The number of ether oxygens (including phenoxy) is 1. The highest BCUT2D eigenvalue weighted by Crippen LogP contribution is 2.25. The molecule has 0 unspecified atom stereocenters. The van der Waals surface area contributed by atoms with E-state index in [1.165, 1.54) is 5.56 Å². The second-order valence-electron chi connectivity index (χ2n) is 7.72. The minimum atomic E-state index is -0.0750. The largest absolute Gasteiger partial charge is 0.457 e. The molecule has 0 fully saturated rings. The molecule has 0 aliphatic rings. The number of aryl methyl sites for hydroxylation is 1. The van der Waals surface area contributed by atoms with E-state index in [4.69, 9.17) is 9.72 Å². The molecule has 0 atom stereocenters. The predicted molar refractivity (Wildman–Crippen MR) is 133 cm³/mol. The number of thiazole rings is 1. The Hall–Kier alpha value is -3.90. The number of nitrogens with zero attached hydrogens (tertiary/aromatic N) is 2. The van der Waals surface area contributed by atoms with Crippen LogP contribution in [0.25, 0.3) is 16.2 Å². The van der Waals surface area contributed by atoms with Gasteiger partial charge in [-0.05, 0) is 48.4 Å². The number of anilines is 1. The summed E-state index contributed by atoms with van der Waals surface area (Å²) >= 11 is 1.54. The number of amides is 1. The summed E-state index contributed by atoms with van der Waals surface area (Å²) in [5.74, 6) is 1.42. The van der Waals surface area contributed by atoms with Gasteiger partial charge >= 0.3 is 0 Å². The summed E-state index contributed by atoms with van der Waals surface area (Å²) in [6, 6.07) is 25.4. The Bertz CT molecular complexity index is 1370. The highest BCUT2D eigenvalue weighted by atomic mass is 32.1. The van der Waals surface area contributed by atoms with Crippen LogP contribution >= 0.6 is 11.3 Å². The monoisotopic (exact) mass is 453 g/mol. The molecule has 5 aromatic rings. The minimum Gasteiger partial charge on any atom is -0.457 e. The second-order valence-corrected chi connectivity index (χ2v) is 8.56. The summed E-state index contributed by atoms with van der Waals surface area (Å²) in [5, 5.41) is 4.95. The smallest absolute Gasteiger partial charge is 0.230 e. The summed E-state index contributed by atoms with van der Waals surface area (Å²) in [6.45, 7) is 2.14. The number of carbonyl (C=O) groups is 1. The number of para-hydroxylation sites is 1. The molecule has 0 aliphatic carbocycles. The highest BCUT2D eigenvalue weighted by molar-refractivity contribution is 7.15. The number of imidazole rings is 1. The fourth-order valence-corrected chi connectivity index (χ4v) is 4.48. The first-order valence-electron chi connectivity index (χ1n) is 10.9. The molecule has 164 valence electrons. The van der Waals surface area contributed by atoms with Crippen LogP contribution in [0.15, 0.2) is 90.4 Å². The first-order valence-corrected chi connectivity index (χ1v) is 11.7. The molecule has 0 aliphatic heterocycles. The van der Waals surface area contributed by atoms with E-state index < -0.39 is 0 Å². The Kier molecular flexibility index (Phi) is 5.91. The van der Waals surface area contributed by atoms with Crippen molar-refractivity contribution in [2.75, 3.05) is 5.32 Å². The molecule has 3 aromatic carbocycles. The summed E-state index contributed by atoms with van der Waals surface area (Å²) in [7, 11) is 0. The van der Waals surface area contributed by atoms with E-state index in [2.05, 4.69) is 36.5 Å². The normalized spacial score (nSPS) is 10.9. The van der Waals surface area contributed by atoms with Gasteiger partial charge in [0.25, 0.3) is 0 Å². The van der Waals surface area contributed by atoms with Gasteiger partial charge in [-0.15, -0.1) is 11.3 Å². The molecule has 5 nitrogen and oxygen atoms in total. The maximum atomic E-state index is 12.7. The molecular weight excluding hydrogens is 430 g/mol. The van der Waals surface area contributed by atoms with E-state index in [1.54, 1.807) is 11.3 Å². The fourth-order valence-electron chi connectivity index (χ4n) is 3.61. The van der Waals surface area contributed by atoms with Crippen LogP contribution in [0.5, 0.6) is 11.5 Å². The third-order valence-corrected chi connectivity index (χ3v) is 6.29.